The first kappa shape index (κ1) is 14.2. The van der Waals surface area contributed by atoms with Gasteiger partial charge in [-0.15, -0.1) is 0 Å². The zero-order valence-corrected chi connectivity index (χ0v) is 12.1. The van der Waals surface area contributed by atoms with Crippen molar-refractivity contribution in [2.75, 3.05) is 19.6 Å². The molecular weight excluding hydrogens is 311 g/mol. The van der Waals surface area contributed by atoms with E-state index in [9.17, 15) is 9.18 Å². The highest BCUT2D eigenvalue weighted by atomic mass is 79.9. The zero-order chi connectivity index (χ0) is 13.7. The Morgan fingerprint density at radius 3 is 3.00 bits per heavy atom. The molecule has 2 rings (SSSR count). The van der Waals surface area contributed by atoms with Crippen LogP contribution in [0.15, 0.2) is 34.3 Å². The maximum absolute atomic E-state index is 13.6. The van der Waals surface area contributed by atoms with Crippen molar-refractivity contribution in [2.45, 2.75) is 12.8 Å². The van der Waals surface area contributed by atoms with Gasteiger partial charge >= 0.3 is 0 Å². The van der Waals surface area contributed by atoms with E-state index < -0.39 is 5.82 Å². The monoisotopic (exact) mass is 326 g/mol. The van der Waals surface area contributed by atoms with E-state index in [0.29, 0.717) is 11.0 Å². The van der Waals surface area contributed by atoms with Gasteiger partial charge in [-0.05, 0) is 47.4 Å². The number of benzene rings is 1. The van der Waals surface area contributed by atoms with Crippen molar-refractivity contribution in [3.63, 3.8) is 0 Å². The maximum atomic E-state index is 13.6. The van der Waals surface area contributed by atoms with Crippen molar-refractivity contribution < 1.29 is 9.18 Å². The zero-order valence-electron chi connectivity index (χ0n) is 10.5. The topological polar surface area (TPSA) is 41.1 Å². The van der Waals surface area contributed by atoms with Gasteiger partial charge in [0.1, 0.15) is 5.82 Å². The minimum atomic E-state index is -0.507. The lowest BCUT2D eigenvalue weighted by atomic mass is 10.1. The second-order valence-electron chi connectivity index (χ2n) is 4.42. The summed E-state index contributed by atoms with van der Waals surface area (Å²) in [5.41, 5.74) is 1.41. The van der Waals surface area contributed by atoms with Gasteiger partial charge in [0.25, 0.3) is 5.91 Å². The SMILES string of the molecule is O=C(NCCC1=CCNCC1)c1c(F)cccc1Br. The molecule has 1 aliphatic rings. The number of nitrogens with one attached hydrogen (secondary N) is 2. The van der Waals surface area contributed by atoms with E-state index in [1.54, 1.807) is 12.1 Å². The van der Waals surface area contributed by atoms with Gasteiger partial charge in [0.2, 0.25) is 0 Å². The number of rotatable bonds is 4. The minimum absolute atomic E-state index is 0.0711. The van der Waals surface area contributed by atoms with Gasteiger partial charge < -0.3 is 10.6 Å². The maximum Gasteiger partial charge on any atom is 0.255 e. The van der Waals surface area contributed by atoms with Crippen molar-refractivity contribution in [3.8, 4) is 0 Å². The minimum Gasteiger partial charge on any atom is -0.352 e. The molecule has 0 unspecified atom stereocenters. The van der Waals surface area contributed by atoms with Crippen molar-refractivity contribution >= 4 is 21.8 Å². The highest BCUT2D eigenvalue weighted by Gasteiger charge is 2.14. The molecule has 2 N–H and O–H groups in total. The Kier molecular flexibility index (Phi) is 5.10. The molecular formula is C14H16BrFN2O. The third kappa shape index (κ3) is 3.88. The second kappa shape index (κ2) is 6.82. The summed E-state index contributed by atoms with van der Waals surface area (Å²) in [5, 5.41) is 5.99. The molecule has 1 heterocycles. The Hall–Kier alpha value is -1.20. The van der Waals surface area contributed by atoms with Crippen molar-refractivity contribution in [1.82, 2.24) is 10.6 Å². The Balaban J connectivity index is 1.89. The molecule has 0 atom stereocenters. The molecule has 0 fully saturated rings. The first-order valence-electron chi connectivity index (χ1n) is 6.29. The summed E-state index contributed by atoms with van der Waals surface area (Å²) in [6.07, 6.45) is 3.98. The normalized spacial score (nSPS) is 14.9. The van der Waals surface area contributed by atoms with Crippen molar-refractivity contribution in [1.29, 1.82) is 0 Å². The third-order valence-electron chi connectivity index (χ3n) is 3.08. The Morgan fingerprint density at radius 1 is 1.47 bits per heavy atom. The fourth-order valence-corrected chi connectivity index (χ4v) is 2.56. The molecule has 0 aromatic heterocycles. The highest BCUT2D eigenvalue weighted by molar-refractivity contribution is 9.10. The number of hydrogen-bond donors (Lipinski definition) is 2. The van der Waals surface area contributed by atoms with Gasteiger partial charge in [-0.1, -0.05) is 17.7 Å². The predicted molar refractivity (Wildman–Crippen MR) is 76.6 cm³/mol. The number of carbonyl (C=O) groups is 1. The molecule has 0 radical (unpaired) electrons. The summed E-state index contributed by atoms with van der Waals surface area (Å²) < 4.78 is 14.1. The molecule has 1 aliphatic heterocycles. The molecule has 1 amide bonds. The van der Waals surface area contributed by atoms with Gasteiger partial charge in [-0.2, -0.15) is 0 Å². The molecule has 0 saturated heterocycles. The van der Waals surface area contributed by atoms with Crippen LogP contribution in [-0.2, 0) is 0 Å². The lowest BCUT2D eigenvalue weighted by Gasteiger charge is -2.14. The fraction of sp³-hybridized carbons (Fsp3) is 0.357. The number of carbonyl (C=O) groups excluding carboxylic acids is 1. The van der Waals surface area contributed by atoms with E-state index in [1.165, 1.54) is 11.6 Å². The first-order chi connectivity index (χ1) is 9.18. The van der Waals surface area contributed by atoms with Crippen LogP contribution in [0.4, 0.5) is 4.39 Å². The standard InChI is InChI=1S/C14H16BrFN2O/c15-11-2-1-3-12(16)13(11)14(19)18-9-6-10-4-7-17-8-5-10/h1-4,17H,5-9H2,(H,18,19). The van der Waals surface area contributed by atoms with Crippen LogP contribution < -0.4 is 10.6 Å². The summed E-state index contributed by atoms with van der Waals surface area (Å²) in [4.78, 5) is 11.9. The molecule has 1 aromatic rings. The fourth-order valence-electron chi connectivity index (χ4n) is 2.04. The van der Waals surface area contributed by atoms with E-state index in [0.717, 1.165) is 25.9 Å². The van der Waals surface area contributed by atoms with E-state index >= 15 is 0 Å². The van der Waals surface area contributed by atoms with Crippen LogP contribution in [-0.4, -0.2) is 25.5 Å². The highest BCUT2D eigenvalue weighted by Crippen LogP contribution is 2.19. The summed E-state index contributed by atoms with van der Waals surface area (Å²) in [6.45, 7) is 2.41. The average molecular weight is 327 g/mol. The van der Waals surface area contributed by atoms with Gasteiger partial charge in [-0.3, -0.25) is 4.79 Å². The van der Waals surface area contributed by atoms with E-state index in [-0.39, 0.29) is 11.5 Å². The van der Waals surface area contributed by atoms with E-state index in [2.05, 4.69) is 32.6 Å². The van der Waals surface area contributed by atoms with Gasteiger partial charge in [0, 0.05) is 17.6 Å². The lowest BCUT2D eigenvalue weighted by Crippen LogP contribution is -2.27. The molecule has 0 aliphatic carbocycles. The predicted octanol–water partition coefficient (Wildman–Crippen LogP) is 2.63. The van der Waals surface area contributed by atoms with E-state index in [1.807, 2.05) is 0 Å². The summed E-state index contributed by atoms with van der Waals surface area (Å²) in [5.74, 6) is -0.882. The van der Waals surface area contributed by atoms with Crippen LogP contribution in [0.25, 0.3) is 0 Å². The Bertz CT molecular complexity index is 482. The van der Waals surface area contributed by atoms with Crippen LogP contribution in [0.2, 0.25) is 0 Å². The molecule has 5 heteroatoms. The average Bonchev–Trinajstić information content (AvgIpc) is 2.40. The molecule has 3 nitrogen and oxygen atoms in total. The van der Waals surface area contributed by atoms with Crippen LogP contribution in [0.3, 0.4) is 0 Å². The molecule has 0 bridgehead atoms. The summed E-state index contributed by atoms with van der Waals surface area (Å²) in [6, 6.07) is 4.51. The van der Waals surface area contributed by atoms with E-state index in [4.69, 9.17) is 0 Å². The molecule has 0 spiro atoms. The van der Waals surface area contributed by atoms with Crippen LogP contribution >= 0.6 is 15.9 Å². The Morgan fingerprint density at radius 2 is 2.32 bits per heavy atom. The molecule has 0 saturated carbocycles. The number of amides is 1. The summed E-state index contributed by atoms with van der Waals surface area (Å²) >= 11 is 3.20. The van der Waals surface area contributed by atoms with Crippen LogP contribution in [0.1, 0.15) is 23.2 Å². The third-order valence-corrected chi connectivity index (χ3v) is 3.74. The first-order valence-corrected chi connectivity index (χ1v) is 7.08. The quantitative estimate of drug-likeness (QED) is 0.835. The largest absolute Gasteiger partial charge is 0.352 e. The summed E-state index contributed by atoms with van der Waals surface area (Å²) in [7, 11) is 0. The molecule has 19 heavy (non-hydrogen) atoms. The van der Waals surface area contributed by atoms with Crippen LogP contribution in [0, 0.1) is 5.82 Å². The van der Waals surface area contributed by atoms with Crippen LogP contribution in [0.5, 0.6) is 0 Å². The van der Waals surface area contributed by atoms with Crippen molar-refractivity contribution in [2.24, 2.45) is 0 Å². The van der Waals surface area contributed by atoms with Gasteiger partial charge in [-0.25, -0.2) is 4.39 Å². The molecule has 102 valence electrons. The smallest absolute Gasteiger partial charge is 0.255 e. The number of hydrogen-bond acceptors (Lipinski definition) is 2. The second-order valence-corrected chi connectivity index (χ2v) is 5.27. The Labute approximate surface area is 120 Å². The molecule has 1 aromatic carbocycles. The lowest BCUT2D eigenvalue weighted by molar-refractivity contribution is 0.0949. The van der Waals surface area contributed by atoms with Gasteiger partial charge in [0.05, 0.1) is 5.56 Å². The van der Waals surface area contributed by atoms with Gasteiger partial charge in [0.15, 0.2) is 0 Å². The van der Waals surface area contributed by atoms with Crippen molar-refractivity contribution in [3.05, 3.63) is 45.7 Å². The number of halogens is 2.